The summed E-state index contributed by atoms with van der Waals surface area (Å²) >= 11 is 7.14. The molecule has 0 radical (unpaired) electrons. The molecule has 0 unspecified atom stereocenters. The summed E-state index contributed by atoms with van der Waals surface area (Å²) in [6, 6.07) is 8.39. The zero-order chi connectivity index (χ0) is 13.8. The molecule has 19 heavy (non-hydrogen) atoms. The molecule has 1 heterocycles. The zero-order valence-electron chi connectivity index (χ0n) is 9.96. The maximum atomic E-state index is 11.0. The molecule has 0 atom stereocenters. The minimum absolute atomic E-state index is 0.0709. The van der Waals surface area contributed by atoms with Crippen molar-refractivity contribution in [3.63, 3.8) is 0 Å². The zero-order valence-corrected chi connectivity index (χ0v) is 11.5. The van der Waals surface area contributed by atoms with Crippen molar-refractivity contribution in [1.82, 2.24) is 4.98 Å². The van der Waals surface area contributed by atoms with Gasteiger partial charge < -0.3 is 9.84 Å². The van der Waals surface area contributed by atoms with E-state index in [4.69, 9.17) is 21.4 Å². The number of carbonyl (C=O) groups is 1. The molecule has 0 fully saturated rings. The van der Waals surface area contributed by atoms with Crippen LogP contribution in [0.1, 0.15) is 10.4 Å². The van der Waals surface area contributed by atoms with Crippen molar-refractivity contribution in [1.29, 1.82) is 0 Å². The summed E-state index contributed by atoms with van der Waals surface area (Å²) in [5, 5.41) is 9.91. The van der Waals surface area contributed by atoms with E-state index in [1.54, 1.807) is 37.6 Å². The highest BCUT2D eigenvalue weighted by atomic mass is 35.5. The number of carboxylic acid groups (broad SMARTS) is 1. The SMILES string of the molecule is COc1cccnc1Sc1ccc(Cl)c(C(=O)O)c1. The van der Waals surface area contributed by atoms with Crippen LogP contribution in [-0.2, 0) is 0 Å². The minimum atomic E-state index is -1.06. The molecule has 4 nitrogen and oxygen atoms in total. The Labute approximate surface area is 119 Å². The first-order valence-corrected chi connectivity index (χ1v) is 6.51. The van der Waals surface area contributed by atoms with Crippen LogP contribution in [0.15, 0.2) is 46.5 Å². The molecule has 0 saturated carbocycles. The number of hydrogen-bond acceptors (Lipinski definition) is 4. The summed E-state index contributed by atoms with van der Waals surface area (Å²) in [5.41, 5.74) is 0.0709. The number of aromatic carboxylic acids is 1. The van der Waals surface area contributed by atoms with E-state index in [2.05, 4.69) is 4.98 Å². The van der Waals surface area contributed by atoms with E-state index < -0.39 is 5.97 Å². The van der Waals surface area contributed by atoms with Crippen LogP contribution in [0.5, 0.6) is 5.75 Å². The van der Waals surface area contributed by atoms with Gasteiger partial charge in [0.25, 0.3) is 0 Å². The molecule has 0 amide bonds. The Morgan fingerprint density at radius 3 is 2.89 bits per heavy atom. The highest BCUT2D eigenvalue weighted by molar-refractivity contribution is 7.99. The quantitative estimate of drug-likeness (QED) is 0.934. The van der Waals surface area contributed by atoms with Crippen molar-refractivity contribution in [2.45, 2.75) is 9.92 Å². The fourth-order valence-electron chi connectivity index (χ4n) is 1.45. The van der Waals surface area contributed by atoms with Crippen molar-refractivity contribution in [3.05, 3.63) is 47.1 Å². The van der Waals surface area contributed by atoms with Crippen LogP contribution >= 0.6 is 23.4 Å². The van der Waals surface area contributed by atoms with Gasteiger partial charge in [0, 0.05) is 11.1 Å². The lowest BCUT2D eigenvalue weighted by molar-refractivity contribution is 0.0697. The van der Waals surface area contributed by atoms with Crippen molar-refractivity contribution >= 4 is 29.3 Å². The Bertz CT molecular complexity index is 619. The Morgan fingerprint density at radius 2 is 2.21 bits per heavy atom. The smallest absolute Gasteiger partial charge is 0.337 e. The summed E-state index contributed by atoms with van der Waals surface area (Å²) < 4.78 is 5.19. The van der Waals surface area contributed by atoms with Crippen LogP contribution < -0.4 is 4.74 Å². The van der Waals surface area contributed by atoms with E-state index in [1.165, 1.54) is 17.8 Å². The molecular weight excluding hydrogens is 286 g/mol. The summed E-state index contributed by atoms with van der Waals surface area (Å²) in [4.78, 5) is 15.9. The lowest BCUT2D eigenvalue weighted by atomic mass is 10.2. The third kappa shape index (κ3) is 3.19. The van der Waals surface area contributed by atoms with E-state index >= 15 is 0 Å². The van der Waals surface area contributed by atoms with Gasteiger partial charge in [0.2, 0.25) is 0 Å². The average molecular weight is 296 g/mol. The first-order chi connectivity index (χ1) is 9.11. The van der Waals surface area contributed by atoms with Crippen LogP contribution in [0.25, 0.3) is 0 Å². The van der Waals surface area contributed by atoms with E-state index in [1.807, 2.05) is 0 Å². The topological polar surface area (TPSA) is 59.4 Å². The summed E-state index contributed by atoms with van der Waals surface area (Å²) in [7, 11) is 1.56. The van der Waals surface area contributed by atoms with Gasteiger partial charge in [-0.1, -0.05) is 23.4 Å². The molecule has 6 heteroatoms. The monoisotopic (exact) mass is 295 g/mol. The lowest BCUT2D eigenvalue weighted by Gasteiger charge is -2.07. The predicted molar refractivity (Wildman–Crippen MR) is 73.3 cm³/mol. The molecule has 0 saturated heterocycles. The number of aromatic nitrogens is 1. The number of hydrogen-bond donors (Lipinski definition) is 1. The van der Waals surface area contributed by atoms with Crippen molar-refractivity contribution in [2.24, 2.45) is 0 Å². The number of benzene rings is 1. The van der Waals surface area contributed by atoms with Gasteiger partial charge in [0.15, 0.2) is 5.75 Å². The van der Waals surface area contributed by atoms with Crippen molar-refractivity contribution < 1.29 is 14.6 Å². The highest BCUT2D eigenvalue weighted by Crippen LogP contribution is 2.34. The maximum absolute atomic E-state index is 11.0. The molecule has 0 bridgehead atoms. The Balaban J connectivity index is 2.33. The van der Waals surface area contributed by atoms with Crippen LogP contribution in [-0.4, -0.2) is 23.2 Å². The third-order valence-corrected chi connectivity index (χ3v) is 3.66. The van der Waals surface area contributed by atoms with E-state index in [9.17, 15) is 4.79 Å². The molecular formula is C13H10ClNO3S. The van der Waals surface area contributed by atoms with Crippen molar-refractivity contribution in [3.8, 4) is 5.75 Å². The van der Waals surface area contributed by atoms with Gasteiger partial charge in [-0.2, -0.15) is 0 Å². The van der Waals surface area contributed by atoms with Crippen LogP contribution in [0.3, 0.4) is 0 Å². The fraction of sp³-hybridized carbons (Fsp3) is 0.0769. The summed E-state index contributed by atoms with van der Waals surface area (Å²) in [6.07, 6.45) is 1.65. The molecule has 1 aromatic carbocycles. The van der Waals surface area contributed by atoms with Crippen LogP contribution in [0.4, 0.5) is 0 Å². The standard InChI is InChI=1S/C13H10ClNO3S/c1-18-11-3-2-6-15-12(11)19-8-4-5-10(14)9(7-8)13(16)17/h2-7H,1H3,(H,16,17). The highest BCUT2D eigenvalue weighted by Gasteiger charge is 2.12. The second-order valence-electron chi connectivity index (χ2n) is 3.56. The van der Waals surface area contributed by atoms with E-state index in [-0.39, 0.29) is 10.6 Å². The molecule has 2 aromatic rings. The molecule has 1 aromatic heterocycles. The van der Waals surface area contributed by atoms with Gasteiger partial charge in [-0.25, -0.2) is 9.78 Å². The number of nitrogens with zero attached hydrogens (tertiary/aromatic N) is 1. The molecule has 2 rings (SSSR count). The molecule has 0 aliphatic rings. The fourth-order valence-corrected chi connectivity index (χ4v) is 2.55. The van der Waals surface area contributed by atoms with Crippen LogP contribution in [0, 0.1) is 0 Å². The van der Waals surface area contributed by atoms with Gasteiger partial charge in [-0.3, -0.25) is 0 Å². The van der Waals surface area contributed by atoms with E-state index in [0.29, 0.717) is 10.8 Å². The van der Waals surface area contributed by atoms with E-state index in [0.717, 1.165) is 4.90 Å². The third-order valence-electron chi connectivity index (χ3n) is 2.34. The first kappa shape index (κ1) is 13.7. The first-order valence-electron chi connectivity index (χ1n) is 5.31. The second-order valence-corrected chi connectivity index (χ2v) is 5.03. The number of rotatable bonds is 4. The number of pyridine rings is 1. The molecule has 0 aliphatic carbocycles. The van der Waals surface area contributed by atoms with Gasteiger partial charge in [-0.15, -0.1) is 0 Å². The van der Waals surface area contributed by atoms with Crippen LogP contribution in [0.2, 0.25) is 5.02 Å². The summed E-state index contributed by atoms with van der Waals surface area (Å²) in [5.74, 6) is -0.417. The number of methoxy groups -OCH3 is 1. The maximum Gasteiger partial charge on any atom is 0.337 e. The number of carboxylic acids is 1. The van der Waals surface area contributed by atoms with Gasteiger partial charge in [0.1, 0.15) is 5.03 Å². The Morgan fingerprint density at radius 1 is 1.42 bits per heavy atom. The molecule has 98 valence electrons. The molecule has 0 spiro atoms. The Kier molecular flexibility index (Phi) is 4.29. The number of halogens is 1. The Hall–Kier alpha value is -1.72. The van der Waals surface area contributed by atoms with Gasteiger partial charge in [-0.05, 0) is 30.3 Å². The van der Waals surface area contributed by atoms with Crippen molar-refractivity contribution in [2.75, 3.05) is 7.11 Å². The average Bonchev–Trinajstić information content (AvgIpc) is 2.41. The molecule has 1 N–H and O–H groups in total. The number of ether oxygens (including phenoxy) is 1. The second kappa shape index (κ2) is 5.95. The predicted octanol–water partition coefficient (Wildman–Crippen LogP) is 3.59. The van der Waals surface area contributed by atoms with Gasteiger partial charge in [0.05, 0.1) is 17.7 Å². The normalized spacial score (nSPS) is 10.2. The van der Waals surface area contributed by atoms with Gasteiger partial charge >= 0.3 is 5.97 Å². The lowest BCUT2D eigenvalue weighted by Crippen LogP contribution is -1.97. The summed E-state index contributed by atoms with van der Waals surface area (Å²) in [6.45, 7) is 0. The minimum Gasteiger partial charge on any atom is -0.494 e. The largest absolute Gasteiger partial charge is 0.494 e. The molecule has 0 aliphatic heterocycles.